The molecule has 25 heavy (non-hydrogen) atoms. The van der Waals surface area contributed by atoms with E-state index >= 15 is 0 Å². The number of nitrogens with two attached hydrogens (primary N) is 1. The maximum absolute atomic E-state index is 12.2. The Morgan fingerprint density at radius 2 is 1.64 bits per heavy atom. The molecule has 134 valence electrons. The van der Waals surface area contributed by atoms with E-state index in [1.807, 2.05) is 13.0 Å². The molecule has 0 aliphatic rings. The highest BCUT2D eigenvalue weighted by Crippen LogP contribution is 2.30. The van der Waals surface area contributed by atoms with E-state index in [-0.39, 0.29) is 17.2 Å². The van der Waals surface area contributed by atoms with Crippen LogP contribution in [0.15, 0.2) is 41.3 Å². The molecule has 0 unspecified atom stereocenters. The number of primary sulfonamides is 1. The second-order valence-corrected chi connectivity index (χ2v) is 6.99. The van der Waals surface area contributed by atoms with Crippen LogP contribution >= 0.6 is 0 Å². The first-order valence-electron chi connectivity index (χ1n) is 7.39. The molecule has 0 radical (unpaired) electrons. The lowest BCUT2D eigenvalue weighted by Crippen LogP contribution is -2.16. The monoisotopic (exact) mass is 364 g/mol. The molecular weight excluding hydrogens is 344 g/mol. The molecule has 0 bridgehead atoms. The summed E-state index contributed by atoms with van der Waals surface area (Å²) in [6.45, 7) is 1.88. The number of carbonyl (C=O) groups excluding carboxylic acids is 1. The van der Waals surface area contributed by atoms with Gasteiger partial charge in [-0.05, 0) is 54.4 Å². The number of rotatable bonds is 6. The van der Waals surface area contributed by atoms with Crippen molar-refractivity contribution in [3.8, 4) is 11.5 Å². The molecule has 0 heterocycles. The van der Waals surface area contributed by atoms with Gasteiger partial charge in [-0.3, -0.25) is 4.79 Å². The van der Waals surface area contributed by atoms with Crippen molar-refractivity contribution in [3.05, 3.63) is 47.5 Å². The lowest BCUT2D eigenvalue weighted by Gasteiger charge is -2.13. The third-order valence-corrected chi connectivity index (χ3v) is 4.59. The summed E-state index contributed by atoms with van der Waals surface area (Å²) in [6, 6.07) is 9.22. The fourth-order valence-electron chi connectivity index (χ4n) is 2.32. The van der Waals surface area contributed by atoms with Crippen LogP contribution < -0.4 is 19.9 Å². The molecule has 8 heteroatoms. The molecule has 0 fully saturated rings. The number of amides is 1. The van der Waals surface area contributed by atoms with Crippen LogP contribution in [0.4, 0.5) is 5.69 Å². The third kappa shape index (κ3) is 4.71. The Kier molecular flexibility index (Phi) is 5.66. The number of carbonyl (C=O) groups is 1. The fourth-order valence-corrected chi connectivity index (χ4v) is 2.83. The van der Waals surface area contributed by atoms with Crippen molar-refractivity contribution in [3.63, 3.8) is 0 Å². The van der Waals surface area contributed by atoms with E-state index in [1.165, 1.54) is 31.4 Å². The smallest absolute Gasteiger partial charge is 0.238 e. The van der Waals surface area contributed by atoms with Gasteiger partial charge in [-0.1, -0.05) is 0 Å². The molecule has 0 aromatic heterocycles. The number of methoxy groups -OCH3 is 2. The van der Waals surface area contributed by atoms with Gasteiger partial charge in [-0.25, -0.2) is 13.6 Å². The Morgan fingerprint density at radius 3 is 2.16 bits per heavy atom. The fraction of sp³-hybridized carbons (Fsp3) is 0.235. The summed E-state index contributed by atoms with van der Waals surface area (Å²) < 4.78 is 32.9. The summed E-state index contributed by atoms with van der Waals surface area (Å²) in [5, 5.41) is 7.76. The number of nitrogens with one attached hydrogen (secondary N) is 1. The highest BCUT2D eigenvalue weighted by Gasteiger charge is 2.13. The van der Waals surface area contributed by atoms with Crippen LogP contribution in [0, 0.1) is 6.92 Å². The maximum atomic E-state index is 12.2. The van der Waals surface area contributed by atoms with Crippen LogP contribution in [-0.2, 0) is 21.2 Å². The van der Waals surface area contributed by atoms with Crippen molar-refractivity contribution < 1.29 is 22.7 Å². The summed E-state index contributed by atoms with van der Waals surface area (Å²) in [6.07, 6.45) is 0.142. The second kappa shape index (κ2) is 7.54. The number of aryl methyl sites for hydroxylation is 1. The first kappa shape index (κ1) is 18.8. The molecule has 0 saturated heterocycles. The molecule has 0 aliphatic carbocycles. The normalized spacial score (nSPS) is 11.0. The van der Waals surface area contributed by atoms with Crippen molar-refractivity contribution in [1.29, 1.82) is 0 Å². The predicted octanol–water partition coefficient (Wildman–Crippen LogP) is 1.84. The van der Waals surface area contributed by atoms with E-state index < -0.39 is 10.0 Å². The second-order valence-electron chi connectivity index (χ2n) is 5.43. The van der Waals surface area contributed by atoms with E-state index in [0.29, 0.717) is 17.2 Å². The summed E-state index contributed by atoms with van der Waals surface area (Å²) >= 11 is 0. The molecule has 2 aromatic rings. The van der Waals surface area contributed by atoms with Gasteiger partial charge in [-0.15, -0.1) is 0 Å². The Balaban J connectivity index is 2.12. The Labute approximate surface area is 146 Å². The van der Waals surface area contributed by atoms with Crippen LogP contribution in [-0.4, -0.2) is 28.5 Å². The van der Waals surface area contributed by atoms with E-state index in [4.69, 9.17) is 14.6 Å². The highest BCUT2D eigenvalue weighted by atomic mass is 32.2. The van der Waals surface area contributed by atoms with Crippen LogP contribution in [0.2, 0.25) is 0 Å². The van der Waals surface area contributed by atoms with Crippen LogP contribution in [0.5, 0.6) is 11.5 Å². The van der Waals surface area contributed by atoms with Crippen molar-refractivity contribution >= 4 is 21.6 Å². The Morgan fingerprint density at radius 1 is 1.08 bits per heavy atom. The lowest BCUT2D eigenvalue weighted by atomic mass is 10.0. The zero-order valence-electron chi connectivity index (χ0n) is 14.2. The predicted molar refractivity (Wildman–Crippen MR) is 94.4 cm³/mol. The van der Waals surface area contributed by atoms with Gasteiger partial charge in [0, 0.05) is 5.69 Å². The van der Waals surface area contributed by atoms with Gasteiger partial charge in [0.25, 0.3) is 0 Å². The number of benzene rings is 2. The molecule has 2 aromatic carbocycles. The molecule has 0 atom stereocenters. The van der Waals surface area contributed by atoms with Crippen LogP contribution in [0.25, 0.3) is 0 Å². The molecule has 1 amide bonds. The maximum Gasteiger partial charge on any atom is 0.238 e. The van der Waals surface area contributed by atoms with Crippen LogP contribution in [0.3, 0.4) is 0 Å². The van der Waals surface area contributed by atoms with Crippen molar-refractivity contribution in [1.82, 2.24) is 0 Å². The lowest BCUT2D eigenvalue weighted by molar-refractivity contribution is -0.115. The molecular formula is C17H20N2O5S. The molecule has 3 N–H and O–H groups in total. The van der Waals surface area contributed by atoms with Crippen molar-refractivity contribution in [2.45, 2.75) is 18.2 Å². The van der Waals surface area contributed by atoms with Crippen molar-refractivity contribution in [2.24, 2.45) is 5.14 Å². The van der Waals surface area contributed by atoms with E-state index in [2.05, 4.69) is 5.32 Å². The average molecular weight is 364 g/mol. The molecule has 2 rings (SSSR count). The summed E-state index contributed by atoms with van der Waals surface area (Å²) in [7, 11) is -0.673. The minimum absolute atomic E-state index is 0.0127. The summed E-state index contributed by atoms with van der Waals surface area (Å²) in [5.41, 5.74) is 2.18. The quantitative estimate of drug-likeness (QED) is 0.813. The Hall–Kier alpha value is -2.58. The minimum Gasteiger partial charge on any atom is -0.493 e. The summed E-state index contributed by atoms with van der Waals surface area (Å²) in [4.78, 5) is 12.2. The highest BCUT2D eigenvalue weighted by molar-refractivity contribution is 7.89. The van der Waals surface area contributed by atoms with Gasteiger partial charge >= 0.3 is 0 Å². The molecule has 0 spiro atoms. The van der Waals surface area contributed by atoms with Gasteiger partial charge in [0.15, 0.2) is 11.5 Å². The van der Waals surface area contributed by atoms with Gasteiger partial charge in [-0.2, -0.15) is 0 Å². The molecule has 7 nitrogen and oxygen atoms in total. The number of hydrogen-bond donors (Lipinski definition) is 2. The largest absolute Gasteiger partial charge is 0.493 e. The topological polar surface area (TPSA) is 108 Å². The van der Waals surface area contributed by atoms with Gasteiger partial charge in [0.1, 0.15) is 0 Å². The SMILES string of the molecule is COc1cc(C)c(CC(=O)Nc2ccc(S(N)(=O)=O)cc2)cc1OC. The van der Waals surface area contributed by atoms with E-state index in [0.717, 1.165) is 11.1 Å². The zero-order chi connectivity index (χ0) is 18.6. The minimum atomic E-state index is -3.76. The Bertz CT molecular complexity index is 877. The summed E-state index contributed by atoms with van der Waals surface area (Å²) in [5.74, 6) is 0.912. The third-order valence-electron chi connectivity index (χ3n) is 3.66. The zero-order valence-corrected chi connectivity index (χ0v) is 15.0. The first-order valence-corrected chi connectivity index (χ1v) is 8.93. The molecule has 0 aliphatic heterocycles. The average Bonchev–Trinajstić information content (AvgIpc) is 2.55. The van der Waals surface area contributed by atoms with Crippen LogP contribution in [0.1, 0.15) is 11.1 Å². The van der Waals surface area contributed by atoms with E-state index in [1.54, 1.807) is 13.2 Å². The van der Waals surface area contributed by atoms with Gasteiger partial charge < -0.3 is 14.8 Å². The number of ether oxygens (including phenoxy) is 2. The van der Waals surface area contributed by atoms with Crippen molar-refractivity contribution in [2.75, 3.05) is 19.5 Å². The van der Waals surface area contributed by atoms with E-state index in [9.17, 15) is 13.2 Å². The number of anilines is 1. The van der Waals surface area contributed by atoms with Gasteiger partial charge in [0.2, 0.25) is 15.9 Å². The van der Waals surface area contributed by atoms with Gasteiger partial charge in [0.05, 0.1) is 25.5 Å². The standard InChI is InChI=1S/C17H20N2O5S/c1-11-8-15(23-2)16(24-3)9-12(11)10-17(20)19-13-4-6-14(7-5-13)25(18,21)22/h4-9H,10H2,1-3H3,(H,19,20)(H2,18,21,22). The number of sulfonamides is 1. The molecule has 0 saturated carbocycles. The number of hydrogen-bond acceptors (Lipinski definition) is 5. The first-order chi connectivity index (χ1) is 11.7.